The molecule has 20 heavy (non-hydrogen) atoms. The lowest BCUT2D eigenvalue weighted by molar-refractivity contribution is 0.748. The Morgan fingerprint density at radius 3 is 2.95 bits per heavy atom. The van der Waals surface area contributed by atoms with Gasteiger partial charge < -0.3 is 10.7 Å². The molecule has 3 aromatic rings. The van der Waals surface area contributed by atoms with Gasteiger partial charge in [0.1, 0.15) is 5.01 Å². The van der Waals surface area contributed by atoms with Crippen LogP contribution in [0.1, 0.15) is 18.4 Å². The molecule has 2 heterocycles. The lowest BCUT2D eigenvalue weighted by Gasteiger charge is -2.02. The van der Waals surface area contributed by atoms with Gasteiger partial charge in [-0.05, 0) is 49.6 Å². The van der Waals surface area contributed by atoms with E-state index < -0.39 is 0 Å². The normalized spacial score (nSPS) is 11.3. The largest absolute Gasteiger partial charge is 0.352 e. The Bertz CT molecular complexity index is 703. The van der Waals surface area contributed by atoms with E-state index in [4.69, 9.17) is 5.73 Å². The number of hydrogen-bond acceptors (Lipinski definition) is 3. The van der Waals surface area contributed by atoms with Crippen LogP contribution in [0.15, 0.2) is 34.2 Å². The van der Waals surface area contributed by atoms with E-state index in [1.807, 2.05) is 11.6 Å². The molecule has 0 amide bonds. The maximum absolute atomic E-state index is 5.61. The fraction of sp³-hybridized carbons (Fsp3) is 0.267. The highest BCUT2D eigenvalue weighted by Gasteiger charge is 2.14. The first-order valence-electron chi connectivity index (χ1n) is 6.69. The van der Waals surface area contributed by atoms with Crippen LogP contribution in [0.3, 0.4) is 0 Å². The number of rotatable bonds is 5. The van der Waals surface area contributed by atoms with Crippen molar-refractivity contribution in [3.63, 3.8) is 0 Å². The molecule has 5 heteroatoms. The molecular formula is C15H16BrN3S. The summed E-state index contributed by atoms with van der Waals surface area (Å²) in [5, 5.41) is 4.35. The number of halogens is 1. The SMILES string of the molecule is NCCCCc1c(-c2nccs2)[nH]c2ccc(Br)cc12. The number of aryl methyl sites for hydroxylation is 1. The number of nitrogens with one attached hydrogen (secondary N) is 1. The van der Waals surface area contributed by atoms with Gasteiger partial charge in [0, 0.05) is 27.0 Å². The summed E-state index contributed by atoms with van der Waals surface area (Å²) in [6.45, 7) is 0.749. The zero-order valence-corrected chi connectivity index (χ0v) is 13.4. The van der Waals surface area contributed by atoms with Crippen molar-refractivity contribution >= 4 is 38.2 Å². The van der Waals surface area contributed by atoms with Crippen molar-refractivity contribution in [2.75, 3.05) is 6.54 Å². The Kier molecular flexibility index (Phi) is 4.19. The topological polar surface area (TPSA) is 54.7 Å². The molecule has 3 nitrogen and oxygen atoms in total. The molecule has 3 rings (SSSR count). The number of benzene rings is 1. The van der Waals surface area contributed by atoms with E-state index in [1.165, 1.54) is 16.5 Å². The minimum absolute atomic E-state index is 0.749. The van der Waals surface area contributed by atoms with E-state index in [0.717, 1.165) is 41.0 Å². The minimum Gasteiger partial charge on any atom is -0.352 e. The average Bonchev–Trinajstić information content (AvgIpc) is 3.07. The fourth-order valence-corrected chi connectivity index (χ4v) is 3.48. The van der Waals surface area contributed by atoms with E-state index in [-0.39, 0.29) is 0 Å². The van der Waals surface area contributed by atoms with Gasteiger partial charge in [0.2, 0.25) is 0 Å². The van der Waals surface area contributed by atoms with E-state index in [0.29, 0.717) is 0 Å². The van der Waals surface area contributed by atoms with Gasteiger partial charge in [0.05, 0.1) is 5.69 Å². The average molecular weight is 350 g/mol. The summed E-state index contributed by atoms with van der Waals surface area (Å²) in [6.07, 6.45) is 5.04. The standard InChI is InChI=1S/C15H16BrN3S/c16-10-4-5-13-12(9-10)11(3-1-2-6-17)14(19-13)15-18-7-8-20-15/h4-5,7-9,19H,1-3,6,17H2. The molecule has 0 saturated carbocycles. The first kappa shape index (κ1) is 13.8. The molecule has 0 aliphatic rings. The minimum atomic E-state index is 0.749. The maximum atomic E-state index is 5.61. The van der Waals surface area contributed by atoms with Gasteiger partial charge in [-0.1, -0.05) is 15.9 Å². The fourth-order valence-electron chi connectivity index (χ4n) is 2.46. The third-order valence-electron chi connectivity index (χ3n) is 3.40. The Morgan fingerprint density at radius 1 is 1.30 bits per heavy atom. The van der Waals surface area contributed by atoms with Crippen molar-refractivity contribution in [2.24, 2.45) is 5.73 Å². The van der Waals surface area contributed by atoms with E-state index in [1.54, 1.807) is 11.3 Å². The number of hydrogen-bond donors (Lipinski definition) is 2. The number of fused-ring (bicyclic) bond motifs is 1. The highest BCUT2D eigenvalue weighted by molar-refractivity contribution is 9.10. The van der Waals surface area contributed by atoms with Gasteiger partial charge in [0.15, 0.2) is 0 Å². The highest BCUT2D eigenvalue weighted by Crippen LogP contribution is 2.33. The molecule has 104 valence electrons. The molecule has 0 aliphatic carbocycles. The second kappa shape index (κ2) is 6.08. The summed E-state index contributed by atoms with van der Waals surface area (Å²) in [4.78, 5) is 7.96. The van der Waals surface area contributed by atoms with E-state index >= 15 is 0 Å². The molecule has 1 aromatic carbocycles. The predicted octanol–water partition coefficient (Wildman–Crippen LogP) is 4.34. The Balaban J connectivity index is 2.10. The van der Waals surface area contributed by atoms with Gasteiger partial charge in [-0.3, -0.25) is 0 Å². The van der Waals surface area contributed by atoms with Crippen molar-refractivity contribution in [1.82, 2.24) is 9.97 Å². The number of aromatic nitrogens is 2. The molecule has 3 N–H and O–H groups in total. The van der Waals surface area contributed by atoms with Gasteiger partial charge in [-0.2, -0.15) is 0 Å². The van der Waals surface area contributed by atoms with Crippen LogP contribution in [0.5, 0.6) is 0 Å². The molecule has 0 radical (unpaired) electrons. The van der Waals surface area contributed by atoms with Gasteiger partial charge >= 0.3 is 0 Å². The summed E-state index contributed by atoms with van der Waals surface area (Å²) in [5.41, 5.74) is 9.29. The highest BCUT2D eigenvalue weighted by atomic mass is 79.9. The summed E-state index contributed by atoms with van der Waals surface area (Å²) >= 11 is 5.23. The van der Waals surface area contributed by atoms with Crippen LogP contribution in [0.25, 0.3) is 21.6 Å². The molecule has 0 spiro atoms. The molecule has 2 aromatic heterocycles. The van der Waals surface area contributed by atoms with Crippen LogP contribution in [-0.2, 0) is 6.42 Å². The molecule has 0 saturated heterocycles. The van der Waals surface area contributed by atoms with Crippen LogP contribution in [0, 0.1) is 0 Å². The molecule has 0 fully saturated rings. The van der Waals surface area contributed by atoms with Crippen LogP contribution in [-0.4, -0.2) is 16.5 Å². The number of nitrogens with two attached hydrogens (primary N) is 1. The van der Waals surface area contributed by atoms with Crippen molar-refractivity contribution in [3.8, 4) is 10.7 Å². The van der Waals surface area contributed by atoms with Crippen LogP contribution < -0.4 is 5.73 Å². The van der Waals surface area contributed by atoms with Crippen LogP contribution in [0.4, 0.5) is 0 Å². The third kappa shape index (κ3) is 2.66. The lowest BCUT2D eigenvalue weighted by Crippen LogP contribution is -1.99. The van der Waals surface area contributed by atoms with E-state index in [9.17, 15) is 0 Å². The summed E-state index contributed by atoms with van der Waals surface area (Å²) < 4.78 is 1.11. The maximum Gasteiger partial charge on any atom is 0.139 e. The molecule has 0 unspecified atom stereocenters. The summed E-state index contributed by atoms with van der Waals surface area (Å²) in [5.74, 6) is 0. The Labute approximate surface area is 130 Å². The second-order valence-corrected chi connectivity index (χ2v) is 6.56. The number of nitrogens with zero attached hydrogens (tertiary/aromatic N) is 1. The van der Waals surface area contributed by atoms with Crippen molar-refractivity contribution in [2.45, 2.75) is 19.3 Å². The summed E-state index contributed by atoms with van der Waals surface area (Å²) in [6, 6.07) is 6.36. The smallest absolute Gasteiger partial charge is 0.139 e. The van der Waals surface area contributed by atoms with E-state index in [2.05, 4.69) is 44.1 Å². The molecule has 0 bridgehead atoms. The Hall–Kier alpha value is -1.17. The first-order chi connectivity index (χ1) is 9.79. The zero-order chi connectivity index (χ0) is 13.9. The quantitative estimate of drug-likeness (QED) is 0.673. The number of unbranched alkanes of at least 4 members (excludes halogenated alkanes) is 1. The van der Waals surface area contributed by atoms with Gasteiger partial charge in [-0.25, -0.2) is 4.98 Å². The monoisotopic (exact) mass is 349 g/mol. The zero-order valence-electron chi connectivity index (χ0n) is 11.0. The molecule has 0 aliphatic heterocycles. The predicted molar refractivity (Wildman–Crippen MR) is 89.1 cm³/mol. The second-order valence-electron chi connectivity index (χ2n) is 4.75. The van der Waals surface area contributed by atoms with Crippen LogP contribution in [0.2, 0.25) is 0 Å². The first-order valence-corrected chi connectivity index (χ1v) is 8.37. The third-order valence-corrected chi connectivity index (χ3v) is 4.68. The van der Waals surface area contributed by atoms with Gasteiger partial charge in [-0.15, -0.1) is 11.3 Å². The Morgan fingerprint density at radius 2 is 2.20 bits per heavy atom. The lowest BCUT2D eigenvalue weighted by atomic mass is 10.0. The van der Waals surface area contributed by atoms with Crippen molar-refractivity contribution in [1.29, 1.82) is 0 Å². The van der Waals surface area contributed by atoms with Crippen molar-refractivity contribution in [3.05, 3.63) is 39.8 Å². The number of aromatic amines is 1. The van der Waals surface area contributed by atoms with Crippen LogP contribution >= 0.6 is 27.3 Å². The molecular weight excluding hydrogens is 334 g/mol. The number of H-pyrrole nitrogens is 1. The van der Waals surface area contributed by atoms with Gasteiger partial charge in [0.25, 0.3) is 0 Å². The summed E-state index contributed by atoms with van der Waals surface area (Å²) in [7, 11) is 0. The van der Waals surface area contributed by atoms with Crippen molar-refractivity contribution < 1.29 is 0 Å². The number of thiazole rings is 1. The molecule has 0 atom stereocenters.